The van der Waals surface area contributed by atoms with Crippen LogP contribution >= 0.6 is 11.8 Å². The van der Waals surface area contributed by atoms with Crippen molar-refractivity contribution in [1.29, 1.82) is 0 Å². The average Bonchev–Trinajstić information content (AvgIpc) is 2.18. The molecule has 0 saturated carbocycles. The van der Waals surface area contributed by atoms with Gasteiger partial charge in [0.25, 0.3) is 0 Å². The summed E-state index contributed by atoms with van der Waals surface area (Å²) in [6, 6.07) is 5.32. The molecule has 0 aliphatic rings. The maximum Gasteiger partial charge on any atom is 0.240 e. The molecular weight excluding hydrogens is 186 g/mol. The highest BCUT2D eigenvalue weighted by Crippen LogP contribution is 2.30. The summed E-state index contributed by atoms with van der Waals surface area (Å²) in [6.07, 6.45) is 3.44. The quantitative estimate of drug-likeness (QED) is 0.422. The van der Waals surface area contributed by atoms with Gasteiger partial charge in [0.2, 0.25) is 6.08 Å². The van der Waals surface area contributed by atoms with Gasteiger partial charge >= 0.3 is 0 Å². The summed E-state index contributed by atoms with van der Waals surface area (Å²) in [7, 11) is 1.59. The van der Waals surface area contributed by atoms with Gasteiger partial charge in [-0.3, -0.25) is 0 Å². The lowest BCUT2D eigenvalue weighted by Gasteiger charge is -2.05. The second-order valence-corrected chi connectivity index (χ2v) is 3.09. The maximum atomic E-state index is 9.99. The number of methoxy groups -OCH3 is 1. The largest absolute Gasteiger partial charge is 0.496 e. The molecule has 0 atom stereocenters. The second kappa shape index (κ2) is 4.70. The smallest absolute Gasteiger partial charge is 0.240 e. The summed E-state index contributed by atoms with van der Waals surface area (Å²) in [4.78, 5) is 14.5. The molecule has 68 valence electrons. The van der Waals surface area contributed by atoms with Crippen molar-refractivity contribution in [2.24, 2.45) is 4.99 Å². The van der Waals surface area contributed by atoms with Crippen molar-refractivity contribution >= 4 is 23.5 Å². The van der Waals surface area contributed by atoms with Crippen molar-refractivity contribution in [2.45, 2.75) is 4.90 Å². The Balaban J connectivity index is 3.12. The Kier molecular flexibility index (Phi) is 3.55. The molecule has 1 aromatic rings. The highest BCUT2D eigenvalue weighted by molar-refractivity contribution is 7.98. The van der Waals surface area contributed by atoms with Gasteiger partial charge in [0.1, 0.15) is 5.75 Å². The average molecular weight is 195 g/mol. The third-order valence-corrected chi connectivity index (χ3v) is 2.32. The lowest BCUT2D eigenvalue weighted by Crippen LogP contribution is -1.84. The fourth-order valence-electron chi connectivity index (χ4n) is 0.947. The van der Waals surface area contributed by atoms with Crippen molar-refractivity contribution < 1.29 is 9.53 Å². The van der Waals surface area contributed by atoms with Crippen LogP contribution in [0.4, 0.5) is 5.69 Å². The third-order valence-electron chi connectivity index (χ3n) is 1.54. The molecule has 0 saturated heterocycles. The summed E-state index contributed by atoms with van der Waals surface area (Å²) < 4.78 is 5.11. The molecule has 0 heterocycles. The number of thioether (sulfide) groups is 1. The van der Waals surface area contributed by atoms with Crippen LogP contribution in [0.1, 0.15) is 0 Å². The summed E-state index contributed by atoms with van der Waals surface area (Å²) in [6.45, 7) is 0. The van der Waals surface area contributed by atoms with Gasteiger partial charge in [0, 0.05) is 11.0 Å². The van der Waals surface area contributed by atoms with Gasteiger partial charge in [-0.05, 0) is 18.4 Å². The van der Waals surface area contributed by atoms with Crippen molar-refractivity contribution in [3.63, 3.8) is 0 Å². The minimum absolute atomic E-state index is 0.560. The lowest BCUT2D eigenvalue weighted by molar-refractivity contribution is 0.405. The monoisotopic (exact) mass is 195 g/mol. The van der Waals surface area contributed by atoms with Crippen LogP contribution in [0.15, 0.2) is 28.1 Å². The number of ether oxygens (including phenoxy) is 1. The topological polar surface area (TPSA) is 38.7 Å². The van der Waals surface area contributed by atoms with E-state index in [0.717, 1.165) is 10.6 Å². The van der Waals surface area contributed by atoms with Crippen molar-refractivity contribution in [3.8, 4) is 5.75 Å². The van der Waals surface area contributed by atoms with Crippen LogP contribution in [-0.4, -0.2) is 19.4 Å². The van der Waals surface area contributed by atoms with E-state index in [2.05, 4.69) is 4.99 Å². The molecule has 1 rings (SSSR count). The molecule has 0 unspecified atom stereocenters. The summed E-state index contributed by atoms with van der Waals surface area (Å²) >= 11 is 1.58. The number of rotatable bonds is 3. The molecule has 0 N–H and O–H groups in total. The molecule has 0 aliphatic heterocycles. The summed E-state index contributed by atoms with van der Waals surface area (Å²) in [5.41, 5.74) is 0.560. The highest BCUT2D eigenvalue weighted by Gasteiger charge is 2.01. The van der Waals surface area contributed by atoms with Crippen LogP contribution in [0.5, 0.6) is 5.75 Å². The van der Waals surface area contributed by atoms with E-state index in [1.54, 1.807) is 31.0 Å². The molecule has 1 aromatic carbocycles. The second-order valence-electron chi connectivity index (χ2n) is 2.24. The summed E-state index contributed by atoms with van der Waals surface area (Å²) in [5.74, 6) is 0.726. The van der Waals surface area contributed by atoms with E-state index in [0.29, 0.717) is 5.69 Å². The van der Waals surface area contributed by atoms with Crippen molar-refractivity contribution in [3.05, 3.63) is 18.2 Å². The van der Waals surface area contributed by atoms with Crippen LogP contribution in [0, 0.1) is 0 Å². The van der Waals surface area contributed by atoms with E-state index < -0.39 is 0 Å². The van der Waals surface area contributed by atoms with Gasteiger partial charge in [-0.2, -0.15) is 4.99 Å². The number of hydrogen-bond donors (Lipinski definition) is 0. The lowest BCUT2D eigenvalue weighted by atomic mass is 10.3. The molecule has 3 nitrogen and oxygen atoms in total. The zero-order chi connectivity index (χ0) is 9.68. The Bertz CT molecular complexity index is 345. The van der Waals surface area contributed by atoms with Gasteiger partial charge in [0.15, 0.2) is 0 Å². The Labute approximate surface area is 80.8 Å². The van der Waals surface area contributed by atoms with Crippen LogP contribution < -0.4 is 4.74 Å². The Hall–Kier alpha value is -1.25. The Morgan fingerprint density at radius 1 is 1.54 bits per heavy atom. The predicted octanol–water partition coefficient (Wildman–Crippen LogP) is 2.38. The van der Waals surface area contributed by atoms with Crippen molar-refractivity contribution in [1.82, 2.24) is 0 Å². The van der Waals surface area contributed by atoms with E-state index in [9.17, 15) is 4.79 Å². The molecular formula is C9H9NO2S. The molecule has 0 radical (unpaired) electrons. The van der Waals surface area contributed by atoms with E-state index in [4.69, 9.17) is 4.74 Å². The first-order chi connectivity index (χ1) is 6.31. The minimum Gasteiger partial charge on any atom is -0.496 e. The molecule has 0 amide bonds. The standard InChI is InChI=1S/C9H9NO2S/c1-12-8-5-7(10-6-11)3-4-9(8)13-2/h3-5H,1-2H3. The number of nitrogens with zero attached hydrogens (tertiary/aromatic N) is 1. The number of benzene rings is 1. The molecule has 0 bridgehead atoms. The molecule has 0 spiro atoms. The number of carbonyl (C=O) groups excluding carboxylic acids is 1. The van der Waals surface area contributed by atoms with E-state index >= 15 is 0 Å². The van der Waals surface area contributed by atoms with E-state index in [-0.39, 0.29) is 0 Å². The SMILES string of the molecule is COc1cc(N=C=O)ccc1SC. The first kappa shape index (κ1) is 9.84. The number of hydrogen-bond acceptors (Lipinski definition) is 4. The normalized spacial score (nSPS) is 9.08. The fourth-order valence-corrected chi connectivity index (χ4v) is 1.49. The van der Waals surface area contributed by atoms with Crippen LogP contribution in [0.3, 0.4) is 0 Å². The fraction of sp³-hybridized carbons (Fsp3) is 0.222. The number of aliphatic imine (C=N–C) groups is 1. The van der Waals surface area contributed by atoms with Gasteiger partial charge < -0.3 is 4.74 Å². The van der Waals surface area contributed by atoms with Crippen molar-refractivity contribution in [2.75, 3.05) is 13.4 Å². The number of isocyanates is 1. The van der Waals surface area contributed by atoms with E-state index in [1.165, 1.54) is 6.08 Å². The Morgan fingerprint density at radius 2 is 2.31 bits per heavy atom. The highest BCUT2D eigenvalue weighted by atomic mass is 32.2. The molecule has 13 heavy (non-hydrogen) atoms. The van der Waals surface area contributed by atoms with Gasteiger partial charge in [-0.15, -0.1) is 11.8 Å². The first-order valence-electron chi connectivity index (χ1n) is 3.61. The minimum atomic E-state index is 0.560. The van der Waals surface area contributed by atoms with Crippen LogP contribution in [0.25, 0.3) is 0 Å². The van der Waals surface area contributed by atoms with Gasteiger partial charge in [-0.25, -0.2) is 4.79 Å². The third kappa shape index (κ3) is 2.34. The van der Waals surface area contributed by atoms with E-state index in [1.807, 2.05) is 12.3 Å². The molecule has 0 aliphatic carbocycles. The molecule has 0 fully saturated rings. The van der Waals surface area contributed by atoms with Gasteiger partial charge in [-0.1, -0.05) is 0 Å². The zero-order valence-corrected chi connectivity index (χ0v) is 8.22. The molecule has 0 aromatic heterocycles. The van der Waals surface area contributed by atoms with Crippen LogP contribution in [-0.2, 0) is 4.79 Å². The molecule has 4 heteroatoms. The zero-order valence-electron chi connectivity index (χ0n) is 7.40. The predicted molar refractivity (Wildman–Crippen MR) is 52.6 cm³/mol. The Morgan fingerprint density at radius 3 is 2.85 bits per heavy atom. The first-order valence-corrected chi connectivity index (χ1v) is 4.84. The van der Waals surface area contributed by atoms with Gasteiger partial charge in [0.05, 0.1) is 12.8 Å². The van der Waals surface area contributed by atoms with Crippen LogP contribution in [0.2, 0.25) is 0 Å². The maximum absolute atomic E-state index is 9.99. The summed E-state index contributed by atoms with van der Waals surface area (Å²) in [5, 5.41) is 0.